The van der Waals surface area contributed by atoms with E-state index in [2.05, 4.69) is 28.6 Å². The highest BCUT2D eigenvalue weighted by Crippen LogP contribution is 2.37. The van der Waals surface area contributed by atoms with Crippen molar-refractivity contribution >= 4 is 28.7 Å². The van der Waals surface area contributed by atoms with Gasteiger partial charge in [0.1, 0.15) is 6.34 Å². The Balaban J connectivity index is 2.06. The number of ether oxygens (including phenoxy) is 1. The number of fused-ring (bicyclic) bond motifs is 3. The molecule has 0 spiro atoms. The number of halogens is 1. The quantitative estimate of drug-likeness (QED) is 0.735. The van der Waals surface area contributed by atoms with E-state index in [0.29, 0.717) is 5.02 Å². The molecule has 2 aromatic carbocycles. The van der Waals surface area contributed by atoms with Gasteiger partial charge < -0.3 is 4.74 Å². The predicted octanol–water partition coefficient (Wildman–Crippen LogP) is 3.21. The van der Waals surface area contributed by atoms with Gasteiger partial charge in [0, 0.05) is 23.8 Å². The van der Waals surface area contributed by atoms with Gasteiger partial charge in [-0.05, 0) is 23.6 Å². The molecular weight excluding hydrogens is 310 g/mol. The third kappa shape index (κ3) is 2.11. The number of benzene rings is 2. The van der Waals surface area contributed by atoms with Crippen molar-refractivity contribution in [3.05, 3.63) is 77.1 Å². The zero-order chi connectivity index (χ0) is 15.9. The van der Waals surface area contributed by atoms with E-state index in [1.165, 1.54) is 0 Å². The number of methoxy groups -OCH3 is 1. The van der Waals surface area contributed by atoms with Crippen molar-refractivity contribution in [2.75, 3.05) is 12.5 Å². The Kier molecular flexibility index (Phi) is 3.29. The number of nitrogens with zero attached hydrogens (tertiary/aromatic N) is 2. The lowest BCUT2D eigenvalue weighted by Gasteiger charge is -2.29. The number of rotatable bonds is 2. The Morgan fingerprint density at radius 3 is 2.65 bits per heavy atom. The van der Waals surface area contributed by atoms with E-state index in [1.807, 2.05) is 47.3 Å². The molecule has 114 valence electrons. The second-order valence-corrected chi connectivity index (χ2v) is 5.80. The van der Waals surface area contributed by atoms with E-state index < -0.39 is 5.72 Å². The monoisotopic (exact) mass is 324 g/mol. The topological polar surface area (TPSA) is 37.5 Å². The molecule has 0 saturated carbocycles. The molecule has 0 radical (unpaired) electrons. The molecule has 0 aliphatic carbocycles. The molecule has 0 bridgehead atoms. The molecule has 0 saturated heterocycles. The zero-order valence-electron chi connectivity index (χ0n) is 12.5. The number of aromatic nitrogens is 1. The van der Waals surface area contributed by atoms with Gasteiger partial charge in [-0.15, -0.1) is 5.43 Å². The predicted molar refractivity (Wildman–Crippen MR) is 91.2 cm³/mol. The first-order chi connectivity index (χ1) is 11.2. The Labute approximate surface area is 139 Å². The summed E-state index contributed by atoms with van der Waals surface area (Å²) in [5.74, 6) is 0. The standard InChI is InChI=1S/C18H15ClN3O/c1-23-18(14-6-8-15(19)9-7-14)17-16-5-3-2-4-13(16)10-11-22(17)21-12-20-18/h2-12H,1H3,(H,20,21)/q+1. The largest absolute Gasteiger partial charge is 0.345 e. The molecule has 1 aliphatic heterocycles. The van der Waals surface area contributed by atoms with E-state index in [-0.39, 0.29) is 0 Å². The Hall–Kier alpha value is -2.43. The zero-order valence-corrected chi connectivity index (χ0v) is 13.3. The van der Waals surface area contributed by atoms with Gasteiger partial charge in [-0.2, -0.15) is 0 Å². The van der Waals surface area contributed by atoms with Crippen molar-refractivity contribution in [2.45, 2.75) is 5.72 Å². The molecule has 1 aromatic heterocycles. The summed E-state index contributed by atoms with van der Waals surface area (Å²) in [7, 11) is 1.67. The van der Waals surface area contributed by atoms with Gasteiger partial charge >= 0.3 is 0 Å². The van der Waals surface area contributed by atoms with Crippen LogP contribution in [0.1, 0.15) is 11.3 Å². The number of nitrogens with one attached hydrogen (secondary N) is 1. The first-order valence-electron chi connectivity index (χ1n) is 7.30. The van der Waals surface area contributed by atoms with Crippen molar-refractivity contribution < 1.29 is 9.41 Å². The smallest absolute Gasteiger partial charge is 0.279 e. The van der Waals surface area contributed by atoms with Crippen LogP contribution < -0.4 is 10.1 Å². The van der Waals surface area contributed by atoms with Crippen LogP contribution in [0.4, 0.5) is 0 Å². The highest BCUT2D eigenvalue weighted by atomic mass is 35.5. The molecule has 1 N–H and O–H groups in total. The molecule has 0 amide bonds. The van der Waals surface area contributed by atoms with E-state index in [9.17, 15) is 0 Å². The van der Waals surface area contributed by atoms with Gasteiger partial charge in [-0.1, -0.05) is 46.6 Å². The van der Waals surface area contributed by atoms with Crippen molar-refractivity contribution in [1.82, 2.24) is 0 Å². The van der Waals surface area contributed by atoms with Crippen LogP contribution in [0.3, 0.4) is 0 Å². The maximum atomic E-state index is 6.04. The maximum Gasteiger partial charge on any atom is 0.279 e. The fraction of sp³-hybridized carbons (Fsp3) is 0.111. The second kappa shape index (κ2) is 5.33. The van der Waals surface area contributed by atoms with Crippen LogP contribution in [0.15, 0.2) is 65.8 Å². The summed E-state index contributed by atoms with van der Waals surface area (Å²) >= 11 is 6.04. The lowest BCUT2D eigenvalue weighted by atomic mass is 9.94. The molecule has 4 nitrogen and oxygen atoms in total. The van der Waals surface area contributed by atoms with Gasteiger partial charge in [0.2, 0.25) is 6.20 Å². The fourth-order valence-corrected chi connectivity index (χ4v) is 3.19. The number of pyridine rings is 1. The number of hydrogen-bond acceptors (Lipinski definition) is 3. The summed E-state index contributed by atoms with van der Waals surface area (Å²) in [6.45, 7) is 0. The van der Waals surface area contributed by atoms with Gasteiger partial charge in [0.25, 0.3) is 11.4 Å². The maximum absolute atomic E-state index is 6.04. The van der Waals surface area contributed by atoms with Crippen LogP contribution in [-0.2, 0) is 10.5 Å². The second-order valence-electron chi connectivity index (χ2n) is 5.36. The normalized spacial score (nSPS) is 19.4. The van der Waals surface area contributed by atoms with Gasteiger partial charge in [-0.3, -0.25) is 0 Å². The molecule has 1 aliphatic rings. The third-order valence-corrected chi connectivity index (χ3v) is 4.41. The van der Waals surface area contributed by atoms with Crippen LogP contribution in [0.5, 0.6) is 0 Å². The molecule has 2 heterocycles. The minimum Gasteiger partial charge on any atom is -0.345 e. The minimum atomic E-state index is -0.920. The Morgan fingerprint density at radius 1 is 1.09 bits per heavy atom. The summed E-state index contributed by atoms with van der Waals surface area (Å²) < 4.78 is 7.88. The minimum absolute atomic E-state index is 0.684. The first-order valence-corrected chi connectivity index (χ1v) is 7.68. The summed E-state index contributed by atoms with van der Waals surface area (Å²) in [6, 6.07) is 17.9. The molecule has 4 rings (SSSR count). The van der Waals surface area contributed by atoms with Crippen LogP contribution in [0, 0.1) is 0 Å². The summed E-state index contributed by atoms with van der Waals surface area (Å²) in [5, 5.41) is 2.90. The third-order valence-electron chi connectivity index (χ3n) is 4.16. The van der Waals surface area contributed by atoms with Crippen LogP contribution in [0.2, 0.25) is 5.02 Å². The van der Waals surface area contributed by atoms with Gasteiger partial charge in [0.05, 0.1) is 5.39 Å². The van der Waals surface area contributed by atoms with E-state index in [4.69, 9.17) is 16.3 Å². The summed E-state index contributed by atoms with van der Waals surface area (Å²) in [5.41, 5.74) is 4.08. The Morgan fingerprint density at radius 2 is 1.87 bits per heavy atom. The first kappa shape index (κ1) is 14.2. The van der Waals surface area contributed by atoms with Crippen molar-refractivity contribution in [3.8, 4) is 0 Å². The van der Waals surface area contributed by atoms with Crippen molar-refractivity contribution in [2.24, 2.45) is 4.99 Å². The lowest BCUT2D eigenvalue weighted by Crippen LogP contribution is -2.56. The highest BCUT2D eigenvalue weighted by molar-refractivity contribution is 6.30. The molecule has 1 atom stereocenters. The SMILES string of the molecule is COC1(c2ccc(Cl)cc2)N=CN[n+]2ccc3ccccc3c21. The average Bonchev–Trinajstić information content (AvgIpc) is 2.61. The lowest BCUT2D eigenvalue weighted by molar-refractivity contribution is -0.655. The van der Waals surface area contributed by atoms with Gasteiger partial charge in [-0.25, -0.2) is 4.99 Å². The van der Waals surface area contributed by atoms with E-state index >= 15 is 0 Å². The number of hydrogen-bond donors (Lipinski definition) is 1. The molecule has 3 aromatic rings. The van der Waals surface area contributed by atoms with Crippen LogP contribution >= 0.6 is 11.6 Å². The summed E-state index contributed by atoms with van der Waals surface area (Å²) in [6.07, 6.45) is 3.63. The fourth-order valence-electron chi connectivity index (χ4n) is 3.07. The van der Waals surface area contributed by atoms with Crippen molar-refractivity contribution in [1.29, 1.82) is 0 Å². The molecule has 23 heavy (non-hydrogen) atoms. The van der Waals surface area contributed by atoms with Gasteiger partial charge in [0.15, 0.2) is 0 Å². The molecule has 5 heteroatoms. The Bertz CT molecular complexity index is 908. The van der Waals surface area contributed by atoms with Crippen LogP contribution in [0.25, 0.3) is 10.8 Å². The molecule has 1 unspecified atom stereocenters. The van der Waals surface area contributed by atoms with Crippen molar-refractivity contribution in [3.63, 3.8) is 0 Å². The summed E-state index contributed by atoms with van der Waals surface area (Å²) in [4.78, 5) is 4.65. The van der Waals surface area contributed by atoms with Crippen LogP contribution in [-0.4, -0.2) is 13.4 Å². The number of aliphatic imine (C=N–C) groups is 1. The van der Waals surface area contributed by atoms with E-state index in [1.54, 1.807) is 13.4 Å². The van der Waals surface area contributed by atoms with E-state index in [0.717, 1.165) is 22.0 Å². The highest BCUT2D eigenvalue weighted by Gasteiger charge is 2.46. The molecular formula is C18H15ClN3O+. The molecule has 0 fully saturated rings. The average molecular weight is 325 g/mol.